The number of carbonyl (C=O) groups is 2. The van der Waals surface area contributed by atoms with Gasteiger partial charge in [-0.3, -0.25) is 9.59 Å². The van der Waals surface area contributed by atoms with Gasteiger partial charge in [0.05, 0.1) is 6.54 Å². The van der Waals surface area contributed by atoms with Gasteiger partial charge >= 0.3 is 0 Å². The third kappa shape index (κ3) is 4.55. The lowest BCUT2D eigenvalue weighted by atomic mass is 9.91. The van der Waals surface area contributed by atoms with Crippen molar-refractivity contribution < 1.29 is 14.7 Å². The Kier molecular flexibility index (Phi) is 5.96. The SMILES string of the molecule is CC(C)c1ccc(CN2CCC[C@](O)(CNCC(N)=O)C2=O)cc1. The van der Waals surface area contributed by atoms with Crippen molar-refractivity contribution >= 4 is 11.8 Å². The van der Waals surface area contributed by atoms with Gasteiger partial charge in [0.1, 0.15) is 0 Å². The molecule has 1 saturated heterocycles. The van der Waals surface area contributed by atoms with Crippen LogP contribution in [0.25, 0.3) is 0 Å². The normalized spacial score (nSPS) is 21.3. The maximum Gasteiger partial charge on any atom is 0.256 e. The van der Waals surface area contributed by atoms with Crippen LogP contribution in [0.2, 0.25) is 0 Å². The average Bonchev–Trinajstić information content (AvgIpc) is 2.52. The molecule has 0 bridgehead atoms. The van der Waals surface area contributed by atoms with Crippen LogP contribution in [0.15, 0.2) is 24.3 Å². The number of hydrogen-bond donors (Lipinski definition) is 3. The molecule has 1 aromatic carbocycles. The van der Waals surface area contributed by atoms with Crippen LogP contribution < -0.4 is 11.1 Å². The van der Waals surface area contributed by atoms with Crippen molar-refractivity contribution in [3.8, 4) is 0 Å². The van der Waals surface area contributed by atoms with E-state index in [-0.39, 0.29) is 19.0 Å². The first-order valence-electron chi connectivity index (χ1n) is 8.41. The summed E-state index contributed by atoms with van der Waals surface area (Å²) in [5.41, 5.74) is 5.91. The first-order chi connectivity index (χ1) is 11.3. The molecule has 1 heterocycles. The fourth-order valence-corrected chi connectivity index (χ4v) is 3.00. The van der Waals surface area contributed by atoms with Gasteiger partial charge in [0, 0.05) is 19.6 Å². The number of carbonyl (C=O) groups excluding carboxylic acids is 2. The highest BCUT2D eigenvalue weighted by atomic mass is 16.3. The highest BCUT2D eigenvalue weighted by molar-refractivity contribution is 5.86. The smallest absolute Gasteiger partial charge is 0.256 e. The third-order valence-corrected chi connectivity index (χ3v) is 4.44. The van der Waals surface area contributed by atoms with E-state index >= 15 is 0 Å². The Morgan fingerprint density at radius 1 is 1.38 bits per heavy atom. The number of benzene rings is 1. The standard InChI is InChI=1S/C18H27N3O3/c1-13(2)15-6-4-14(5-7-15)11-21-9-3-8-18(24,17(21)23)12-20-10-16(19)22/h4-7,13,20,24H,3,8-12H2,1-2H3,(H2,19,22)/t18-/m0/s1. The molecule has 0 saturated carbocycles. The third-order valence-electron chi connectivity index (χ3n) is 4.44. The number of hydrogen-bond acceptors (Lipinski definition) is 4. The van der Waals surface area contributed by atoms with Crippen LogP contribution in [0.3, 0.4) is 0 Å². The van der Waals surface area contributed by atoms with Crippen LogP contribution in [-0.2, 0) is 16.1 Å². The van der Waals surface area contributed by atoms with Crippen LogP contribution in [0.5, 0.6) is 0 Å². The fraction of sp³-hybridized carbons (Fsp3) is 0.556. The molecule has 4 N–H and O–H groups in total. The van der Waals surface area contributed by atoms with E-state index in [9.17, 15) is 14.7 Å². The molecule has 0 unspecified atom stereocenters. The lowest BCUT2D eigenvalue weighted by Crippen LogP contribution is -2.58. The van der Waals surface area contributed by atoms with Crippen molar-refractivity contribution in [1.82, 2.24) is 10.2 Å². The largest absolute Gasteiger partial charge is 0.379 e. The molecule has 0 spiro atoms. The lowest BCUT2D eigenvalue weighted by Gasteiger charge is -2.38. The molecule has 132 valence electrons. The van der Waals surface area contributed by atoms with E-state index in [0.29, 0.717) is 25.4 Å². The number of rotatable bonds is 7. The Hall–Kier alpha value is -1.92. The minimum absolute atomic E-state index is 0.0392. The average molecular weight is 333 g/mol. The van der Waals surface area contributed by atoms with Crippen molar-refractivity contribution in [2.75, 3.05) is 19.6 Å². The zero-order valence-electron chi connectivity index (χ0n) is 14.4. The second-order valence-corrected chi connectivity index (χ2v) is 6.83. The molecular weight excluding hydrogens is 306 g/mol. The Labute approximate surface area is 143 Å². The first kappa shape index (κ1) is 18.4. The van der Waals surface area contributed by atoms with Gasteiger partial charge in [0.25, 0.3) is 5.91 Å². The van der Waals surface area contributed by atoms with E-state index in [1.165, 1.54) is 5.56 Å². The molecule has 1 atom stereocenters. The molecule has 0 aromatic heterocycles. The quantitative estimate of drug-likeness (QED) is 0.686. The van der Waals surface area contributed by atoms with Crippen molar-refractivity contribution in [3.05, 3.63) is 35.4 Å². The number of nitrogens with two attached hydrogens (primary N) is 1. The van der Waals surface area contributed by atoms with Crippen molar-refractivity contribution in [3.63, 3.8) is 0 Å². The topological polar surface area (TPSA) is 95.7 Å². The van der Waals surface area contributed by atoms with Crippen LogP contribution >= 0.6 is 0 Å². The highest BCUT2D eigenvalue weighted by Crippen LogP contribution is 2.24. The fourth-order valence-electron chi connectivity index (χ4n) is 3.00. The van der Waals surface area contributed by atoms with Gasteiger partial charge in [0.15, 0.2) is 5.60 Å². The number of primary amides is 1. The Bertz CT molecular complexity index is 586. The summed E-state index contributed by atoms with van der Waals surface area (Å²) in [5, 5.41) is 13.4. The molecule has 6 heteroatoms. The highest BCUT2D eigenvalue weighted by Gasteiger charge is 2.41. The lowest BCUT2D eigenvalue weighted by molar-refractivity contribution is -0.157. The van der Waals surface area contributed by atoms with Gasteiger partial charge in [-0.05, 0) is 29.9 Å². The summed E-state index contributed by atoms with van der Waals surface area (Å²) in [7, 11) is 0. The van der Waals surface area contributed by atoms with Crippen LogP contribution in [0.1, 0.15) is 43.7 Å². The van der Waals surface area contributed by atoms with E-state index in [0.717, 1.165) is 12.0 Å². The van der Waals surface area contributed by atoms with Crippen LogP contribution in [0.4, 0.5) is 0 Å². The summed E-state index contributed by atoms with van der Waals surface area (Å²) in [5.74, 6) is -0.334. The molecule has 1 aliphatic heterocycles. The molecule has 1 aliphatic rings. The number of piperidine rings is 1. The zero-order chi connectivity index (χ0) is 17.7. The first-order valence-corrected chi connectivity index (χ1v) is 8.41. The maximum atomic E-state index is 12.6. The number of amides is 2. The molecule has 6 nitrogen and oxygen atoms in total. The van der Waals surface area contributed by atoms with E-state index in [1.54, 1.807) is 4.90 Å². The molecule has 0 aliphatic carbocycles. The molecule has 2 amide bonds. The molecule has 0 radical (unpaired) electrons. The van der Waals surface area contributed by atoms with Crippen LogP contribution in [0, 0.1) is 0 Å². The minimum atomic E-state index is -1.47. The predicted molar refractivity (Wildman–Crippen MR) is 92.2 cm³/mol. The van der Waals surface area contributed by atoms with Gasteiger partial charge in [-0.25, -0.2) is 0 Å². The molecule has 24 heavy (non-hydrogen) atoms. The molecule has 1 fully saturated rings. The maximum absolute atomic E-state index is 12.6. The van der Waals surface area contributed by atoms with E-state index in [4.69, 9.17) is 5.73 Å². The van der Waals surface area contributed by atoms with Gasteiger partial charge in [-0.2, -0.15) is 0 Å². The summed E-state index contributed by atoms with van der Waals surface area (Å²) in [6.07, 6.45) is 1.12. The monoisotopic (exact) mass is 333 g/mol. The number of nitrogens with one attached hydrogen (secondary N) is 1. The van der Waals surface area contributed by atoms with Crippen molar-refractivity contribution in [2.45, 2.75) is 44.8 Å². The summed E-state index contributed by atoms with van der Waals surface area (Å²) in [4.78, 5) is 25.1. The minimum Gasteiger partial charge on any atom is -0.379 e. The van der Waals surface area contributed by atoms with Gasteiger partial charge in [0.2, 0.25) is 5.91 Å². The van der Waals surface area contributed by atoms with Gasteiger partial charge in [-0.1, -0.05) is 38.1 Å². The molecule has 1 aromatic rings. The van der Waals surface area contributed by atoms with Crippen molar-refractivity contribution in [2.24, 2.45) is 5.73 Å². The van der Waals surface area contributed by atoms with Gasteiger partial charge in [-0.15, -0.1) is 0 Å². The second-order valence-electron chi connectivity index (χ2n) is 6.83. The summed E-state index contributed by atoms with van der Waals surface area (Å²) in [6, 6.07) is 8.22. The number of nitrogens with zero attached hydrogens (tertiary/aromatic N) is 1. The van der Waals surface area contributed by atoms with E-state index < -0.39 is 11.5 Å². The van der Waals surface area contributed by atoms with E-state index in [2.05, 4.69) is 31.3 Å². The zero-order valence-corrected chi connectivity index (χ0v) is 14.4. The van der Waals surface area contributed by atoms with Crippen LogP contribution in [-0.4, -0.2) is 47.1 Å². The Morgan fingerprint density at radius 2 is 2.04 bits per heavy atom. The second kappa shape index (κ2) is 7.77. The Morgan fingerprint density at radius 3 is 2.62 bits per heavy atom. The van der Waals surface area contributed by atoms with Crippen molar-refractivity contribution in [1.29, 1.82) is 0 Å². The number of aliphatic hydroxyl groups is 1. The predicted octanol–water partition coefficient (Wildman–Crippen LogP) is 0.738. The van der Waals surface area contributed by atoms with E-state index in [1.807, 2.05) is 12.1 Å². The molecular formula is C18H27N3O3. The summed E-state index contributed by atoms with van der Waals surface area (Å²) < 4.78 is 0. The number of likely N-dealkylation sites (tertiary alicyclic amines) is 1. The summed E-state index contributed by atoms with van der Waals surface area (Å²) >= 11 is 0. The Balaban J connectivity index is 1.99. The summed E-state index contributed by atoms with van der Waals surface area (Å²) in [6.45, 7) is 5.38. The van der Waals surface area contributed by atoms with Gasteiger partial charge < -0.3 is 21.1 Å². The molecule has 2 rings (SSSR count).